The van der Waals surface area contributed by atoms with Gasteiger partial charge < -0.3 is 36.6 Å². The van der Waals surface area contributed by atoms with Crippen LogP contribution in [0.15, 0.2) is 0 Å². The second kappa shape index (κ2) is 12.8. The monoisotopic (exact) mass is 444 g/mol. The molecule has 31 heavy (non-hydrogen) atoms. The summed E-state index contributed by atoms with van der Waals surface area (Å²) >= 11 is 0. The number of carbonyl (C=O) groups excluding carboxylic acids is 3. The van der Waals surface area contributed by atoms with Crippen LogP contribution in [0.25, 0.3) is 0 Å². The summed E-state index contributed by atoms with van der Waals surface area (Å²) in [5.41, 5.74) is 0. The lowest BCUT2D eigenvalue weighted by molar-refractivity contribution is -0.144. The van der Waals surface area contributed by atoms with Gasteiger partial charge in [-0.25, -0.2) is 4.79 Å². The first kappa shape index (κ1) is 26.3. The Bertz CT molecular complexity index is 665. The molecular weight excluding hydrogens is 412 g/mol. The van der Waals surface area contributed by atoms with E-state index in [2.05, 4.69) is 21.3 Å². The molecule has 0 aliphatic carbocycles. The third-order valence-electron chi connectivity index (χ3n) is 5.25. The highest BCUT2D eigenvalue weighted by atomic mass is 16.4. The van der Waals surface area contributed by atoms with E-state index in [0.29, 0.717) is 19.4 Å². The maximum absolute atomic E-state index is 12.6. The molecule has 5 atom stereocenters. The summed E-state index contributed by atoms with van der Waals surface area (Å²) in [6.07, 6.45) is 1.22. The normalized spacial score (nSPS) is 19.5. The number of carboxylic acids is 2. The third-order valence-corrected chi connectivity index (χ3v) is 5.25. The van der Waals surface area contributed by atoms with E-state index >= 15 is 0 Å². The van der Waals surface area contributed by atoms with Crippen molar-refractivity contribution in [1.29, 1.82) is 0 Å². The van der Waals surface area contributed by atoms with Crippen LogP contribution in [0.3, 0.4) is 0 Å². The van der Waals surface area contributed by atoms with Crippen molar-refractivity contribution < 1.29 is 39.3 Å². The lowest BCUT2D eigenvalue weighted by Gasteiger charge is -2.25. The summed E-state index contributed by atoms with van der Waals surface area (Å²) in [6, 6.07) is -4.41. The van der Waals surface area contributed by atoms with E-state index in [-0.39, 0.29) is 6.42 Å². The molecule has 1 aliphatic rings. The molecule has 0 aromatic carbocycles. The van der Waals surface area contributed by atoms with Crippen LogP contribution in [-0.2, 0) is 24.0 Å². The van der Waals surface area contributed by atoms with Crippen LogP contribution >= 0.6 is 0 Å². The zero-order chi connectivity index (χ0) is 23.6. The number of amides is 3. The fourth-order valence-corrected chi connectivity index (χ4v) is 3.12. The van der Waals surface area contributed by atoms with Crippen molar-refractivity contribution in [2.24, 2.45) is 5.92 Å². The van der Waals surface area contributed by atoms with E-state index in [1.165, 1.54) is 0 Å². The minimum Gasteiger partial charge on any atom is -0.481 e. The first-order valence-corrected chi connectivity index (χ1v) is 10.3. The van der Waals surface area contributed by atoms with E-state index in [1.807, 2.05) is 0 Å². The Hall–Kier alpha value is -2.73. The molecule has 0 spiro atoms. The van der Waals surface area contributed by atoms with Crippen LogP contribution in [0.5, 0.6) is 0 Å². The first-order chi connectivity index (χ1) is 14.6. The largest absolute Gasteiger partial charge is 0.481 e. The Morgan fingerprint density at radius 2 is 1.68 bits per heavy atom. The molecule has 1 rings (SSSR count). The topological polar surface area (TPSA) is 194 Å². The number of hydrogen-bond donors (Lipinski definition) is 7. The van der Waals surface area contributed by atoms with E-state index in [0.717, 1.165) is 6.42 Å². The van der Waals surface area contributed by atoms with Crippen molar-refractivity contribution in [3.63, 3.8) is 0 Å². The molecular formula is C19H32N4O8. The molecule has 0 radical (unpaired) electrons. The van der Waals surface area contributed by atoms with Gasteiger partial charge in [0, 0.05) is 6.42 Å². The number of aliphatic hydroxyl groups excluding tert-OH is 1. The highest BCUT2D eigenvalue weighted by molar-refractivity contribution is 5.94. The number of carboxylic acid groups (broad SMARTS) is 2. The number of aliphatic carboxylic acids is 2. The Morgan fingerprint density at radius 1 is 1.03 bits per heavy atom. The maximum Gasteiger partial charge on any atom is 0.326 e. The molecule has 3 amide bonds. The van der Waals surface area contributed by atoms with Gasteiger partial charge in [0.25, 0.3) is 0 Å². The predicted octanol–water partition coefficient (Wildman–Crippen LogP) is -1.82. The van der Waals surface area contributed by atoms with Crippen LogP contribution in [0, 0.1) is 5.92 Å². The second-order valence-corrected chi connectivity index (χ2v) is 7.60. The Balaban J connectivity index is 2.83. The van der Waals surface area contributed by atoms with Crippen LogP contribution in [-0.4, -0.2) is 82.3 Å². The van der Waals surface area contributed by atoms with Crippen LogP contribution in [0.2, 0.25) is 0 Å². The summed E-state index contributed by atoms with van der Waals surface area (Å²) in [5, 5.41) is 37.8. The highest BCUT2D eigenvalue weighted by Gasteiger charge is 2.32. The molecule has 5 unspecified atom stereocenters. The van der Waals surface area contributed by atoms with Crippen molar-refractivity contribution in [2.45, 2.75) is 70.1 Å². The Morgan fingerprint density at radius 3 is 2.16 bits per heavy atom. The summed E-state index contributed by atoms with van der Waals surface area (Å²) in [4.78, 5) is 59.7. The maximum atomic E-state index is 12.6. The van der Waals surface area contributed by atoms with Crippen LogP contribution < -0.4 is 21.3 Å². The van der Waals surface area contributed by atoms with Crippen molar-refractivity contribution in [3.05, 3.63) is 0 Å². The standard InChI is InChI=1S/C19H32N4O8/c1-3-10(2)15(19(30)31)23-18(29)13(9-24)22-17(28)12(6-7-14(25)26)21-16(27)11-5-4-8-20-11/h10-13,15,20,24H,3-9H2,1-2H3,(H,21,27)(H,22,28)(H,23,29)(H,25,26)(H,30,31). The molecule has 0 bridgehead atoms. The predicted molar refractivity (Wildman–Crippen MR) is 108 cm³/mol. The number of carbonyl (C=O) groups is 5. The lowest BCUT2D eigenvalue weighted by Crippen LogP contribution is -2.58. The van der Waals surface area contributed by atoms with Gasteiger partial charge in [-0.15, -0.1) is 0 Å². The molecule has 1 saturated heterocycles. The quantitative estimate of drug-likeness (QED) is 0.171. The van der Waals surface area contributed by atoms with Gasteiger partial charge >= 0.3 is 11.9 Å². The number of rotatable bonds is 13. The Labute approximate surface area is 180 Å². The third kappa shape index (κ3) is 8.50. The summed E-state index contributed by atoms with van der Waals surface area (Å²) in [5.74, 6) is -5.02. The average Bonchev–Trinajstić information content (AvgIpc) is 3.26. The zero-order valence-electron chi connectivity index (χ0n) is 17.7. The number of hydrogen-bond acceptors (Lipinski definition) is 7. The van der Waals surface area contributed by atoms with Crippen LogP contribution in [0.1, 0.15) is 46.0 Å². The Kier molecular flexibility index (Phi) is 10.9. The van der Waals surface area contributed by atoms with Gasteiger partial charge in [-0.2, -0.15) is 0 Å². The van der Waals surface area contributed by atoms with E-state index in [4.69, 9.17) is 5.11 Å². The first-order valence-electron chi connectivity index (χ1n) is 10.3. The molecule has 12 heteroatoms. The summed E-state index contributed by atoms with van der Waals surface area (Å²) in [6.45, 7) is 3.24. The van der Waals surface area contributed by atoms with E-state index in [9.17, 15) is 34.2 Å². The molecule has 0 saturated carbocycles. The van der Waals surface area contributed by atoms with Crippen molar-refractivity contribution in [1.82, 2.24) is 21.3 Å². The van der Waals surface area contributed by atoms with E-state index < -0.39 is 72.8 Å². The molecule has 1 aliphatic heterocycles. The van der Waals surface area contributed by atoms with Crippen LogP contribution in [0.4, 0.5) is 0 Å². The SMILES string of the molecule is CCC(C)C(NC(=O)C(CO)NC(=O)C(CCC(=O)O)NC(=O)C1CCCN1)C(=O)O. The van der Waals surface area contributed by atoms with Gasteiger partial charge in [-0.05, 0) is 31.7 Å². The summed E-state index contributed by atoms with van der Waals surface area (Å²) in [7, 11) is 0. The molecule has 12 nitrogen and oxygen atoms in total. The molecule has 1 heterocycles. The smallest absolute Gasteiger partial charge is 0.326 e. The van der Waals surface area contributed by atoms with Gasteiger partial charge in [0.15, 0.2) is 0 Å². The van der Waals surface area contributed by atoms with Gasteiger partial charge in [-0.1, -0.05) is 20.3 Å². The summed E-state index contributed by atoms with van der Waals surface area (Å²) < 4.78 is 0. The molecule has 0 aromatic heterocycles. The minimum absolute atomic E-state index is 0.218. The molecule has 7 N–H and O–H groups in total. The lowest BCUT2D eigenvalue weighted by atomic mass is 9.99. The highest BCUT2D eigenvalue weighted by Crippen LogP contribution is 2.09. The number of aliphatic hydroxyl groups is 1. The van der Waals surface area contributed by atoms with Gasteiger partial charge in [-0.3, -0.25) is 19.2 Å². The zero-order valence-corrected chi connectivity index (χ0v) is 17.7. The van der Waals surface area contributed by atoms with E-state index in [1.54, 1.807) is 13.8 Å². The second-order valence-electron chi connectivity index (χ2n) is 7.60. The fraction of sp³-hybridized carbons (Fsp3) is 0.737. The molecule has 0 aromatic rings. The fourth-order valence-electron chi connectivity index (χ4n) is 3.12. The number of nitrogens with one attached hydrogen (secondary N) is 4. The van der Waals surface area contributed by atoms with Crippen molar-refractivity contribution >= 4 is 29.7 Å². The van der Waals surface area contributed by atoms with Crippen molar-refractivity contribution in [2.75, 3.05) is 13.2 Å². The average molecular weight is 444 g/mol. The molecule has 1 fully saturated rings. The van der Waals surface area contributed by atoms with Gasteiger partial charge in [0.2, 0.25) is 17.7 Å². The van der Waals surface area contributed by atoms with Gasteiger partial charge in [0.05, 0.1) is 12.6 Å². The van der Waals surface area contributed by atoms with Crippen molar-refractivity contribution in [3.8, 4) is 0 Å². The molecule has 176 valence electrons. The minimum atomic E-state index is -1.47. The van der Waals surface area contributed by atoms with Gasteiger partial charge in [0.1, 0.15) is 18.1 Å².